The number of fused-ring (bicyclic) bond motifs is 3. The minimum Gasteiger partial charge on any atom is -0.416 e. The Morgan fingerprint density at radius 3 is 1.03 bits per heavy atom. The van der Waals surface area contributed by atoms with Crippen molar-refractivity contribution < 1.29 is 8.83 Å². The zero-order valence-electron chi connectivity index (χ0n) is 36.9. The van der Waals surface area contributed by atoms with Crippen LogP contribution in [0, 0.1) is 0 Å². The topological polar surface area (TPSA) is 77.8 Å². The van der Waals surface area contributed by atoms with Gasteiger partial charge in [-0.2, -0.15) is 0 Å². The second-order valence-electron chi connectivity index (χ2n) is 17.3. The van der Waals surface area contributed by atoms with Crippen molar-refractivity contribution in [2.75, 3.05) is 0 Å². The lowest BCUT2D eigenvalue weighted by Gasteiger charge is -2.33. The summed E-state index contributed by atoms with van der Waals surface area (Å²) < 4.78 is 12.2. The third-order valence-electron chi connectivity index (χ3n) is 13.1. The highest BCUT2D eigenvalue weighted by Crippen LogP contribution is 2.56. The largest absolute Gasteiger partial charge is 0.416 e. The second-order valence-corrected chi connectivity index (χ2v) is 17.3. The fourth-order valence-electron chi connectivity index (χ4n) is 9.64. The zero-order chi connectivity index (χ0) is 42.9. The summed E-state index contributed by atoms with van der Waals surface area (Å²) in [6.45, 7) is 4.61. The monoisotopic (exact) mass is 830 g/mol. The summed E-state index contributed by atoms with van der Waals surface area (Å²) in [6, 6.07) is 51.5. The van der Waals surface area contributed by atoms with Gasteiger partial charge in [0.25, 0.3) is 0 Å². The first-order valence-electron chi connectivity index (χ1n) is 23.4. The van der Waals surface area contributed by atoms with Crippen LogP contribution in [-0.4, -0.2) is 20.4 Å². The molecule has 63 heavy (non-hydrogen) atoms. The van der Waals surface area contributed by atoms with Crippen LogP contribution in [0.15, 0.2) is 154 Å². The van der Waals surface area contributed by atoms with Crippen molar-refractivity contribution in [3.8, 4) is 79.2 Å². The Balaban J connectivity index is 1.05. The Kier molecular flexibility index (Phi) is 13.1. The van der Waals surface area contributed by atoms with Gasteiger partial charge in [0.05, 0.1) is 0 Å². The molecule has 0 aliphatic heterocycles. The first kappa shape index (κ1) is 41.9. The molecule has 0 unspecified atom stereocenters. The molecule has 0 saturated heterocycles. The quantitative estimate of drug-likeness (QED) is 0.0712. The number of aromatic nitrogens is 4. The predicted octanol–water partition coefficient (Wildman–Crippen LogP) is 16.2. The fourth-order valence-corrected chi connectivity index (χ4v) is 9.64. The highest BCUT2D eigenvalue weighted by Gasteiger charge is 2.42. The van der Waals surface area contributed by atoms with Crippen LogP contribution in [0.1, 0.15) is 115 Å². The lowest BCUT2D eigenvalue weighted by Crippen LogP contribution is -2.25. The maximum absolute atomic E-state index is 6.10. The molecule has 1 aliphatic rings. The molecule has 8 aromatic rings. The number of rotatable bonds is 20. The molecule has 6 nitrogen and oxygen atoms in total. The molecule has 0 bridgehead atoms. The van der Waals surface area contributed by atoms with Crippen molar-refractivity contribution >= 4 is 0 Å². The molecule has 318 valence electrons. The van der Waals surface area contributed by atoms with E-state index in [9.17, 15) is 0 Å². The van der Waals surface area contributed by atoms with Crippen molar-refractivity contribution in [3.63, 3.8) is 0 Å². The van der Waals surface area contributed by atoms with Crippen molar-refractivity contribution in [1.82, 2.24) is 20.4 Å². The van der Waals surface area contributed by atoms with Crippen LogP contribution >= 0.6 is 0 Å². The normalized spacial score (nSPS) is 12.7. The second kappa shape index (κ2) is 19.8. The summed E-state index contributed by atoms with van der Waals surface area (Å²) >= 11 is 0. The number of hydrogen-bond donors (Lipinski definition) is 0. The summed E-state index contributed by atoms with van der Waals surface area (Å²) in [7, 11) is 0. The average Bonchev–Trinajstić information content (AvgIpc) is 4.11. The van der Waals surface area contributed by atoms with E-state index in [0.717, 1.165) is 22.3 Å². The van der Waals surface area contributed by atoms with E-state index < -0.39 is 0 Å². The van der Waals surface area contributed by atoms with Crippen LogP contribution in [0.3, 0.4) is 0 Å². The Morgan fingerprint density at radius 1 is 0.333 bits per heavy atom. The summed E-state index contributed by atoms with van der Waals surface area (Å²) in [5.41, 5.74) is 14.1. The Labute approximate surface area is 372 Å². The van der Waals surface area contributed by atoms with Crippen molar-refractivity contribution in [1.29, 1.82) is 0 Å². The van der Waals surface area contributed by atoms with Crippen molar-refractivity contribution in [3.05, 3.63) is 157 Å². The smallest absolute Gasteiger partial charge is 0.248 e. The molecule has 0 amide bonds. The van der Waals surface area contributed by atoms with Crippen LogP contribution in [0.2, 0.25) is 0 Å². The van der Waals surface area contributed by atoms with Gasteiger partial charge < -0.3 is 8.83 Å². The standard InChI is InChI=1S/C57H58N4O2/c1-3-5-7-9-11-19-37-57(38-20-12-10-8-6-4-2)51-35-33-47(41-25-29-45(30-26-41)55-60-58-53(62-55)43-21-15-13-16-22-43)39-49(51)50-40-48(34-36-52(50)57)42-27-31-46(32-28-42)56-61-59-54(63-56)44-23-17-14-18-24-44/h13-18,21-36,39-40H,3-12,19-20,37-38H2,1-2H3. The molecule has 1 aliphatic carbocycles. The highest BCUT2D eigenvalue weighted by atomic mass is 16.4. The summed E-state index contributed by atoms with van der Waals surface area (Å²) in [5.74, 6) is 2.09. The Bertz CT molecular complexity index is 2510. The molecule has 0 fully saturated rings. The molecule has 0 saturated carbocycles. The third-order valence-corrected chi connectivity index (χ3v) is 13.1. The summed E-state index contributed by atoms with van der Waals surface area (Å²) in [5, 5.41) is 17.4. The Morgan fingerprint density at radius 2 is 0.651 bits per heavy atom. The van der Waals surface area contributed by atoms with Crippen LogP contribution in [0.5, 0.6) is 0 Å². The van der Waals surface area contributed by atoms with Crippen LogP contribution in [0.4, 0.5) is 0 Å². The van der Waals surface area contributed by atoms with Gasteiger partial charge in [-0.05, 0) is 118 Å². The minimum atomic E-state index is -0.00616. The van der Waals surface area contributed by atoms with Crippen molar-refractivity contribution in [2.45, 2.75) is 109 Å². The van der Waals surface area contributed by atoms with E-state index in [2.05, 4.69) is 119 Å². The lowest BCUT2D eigenvalue weighted by molar-refractivity contribution is 0.398. The van der Waals surface area contributed by atoms with Gasteiger partial charge in [-0.15, -0.1) is 20.4 Å². The van der Waals surface area contributed by atoms with E-state index in [1.165, 1.54) is 134 Å². The van der Waals surface area contributed by atoms with Crippen molar-refractivity contribution in [2.24, 2.45) is 0 Å². The molecule has 9 rings (SSSR count). The molecule has 0 atom stereocenters. The van der Waals surface area contributed by atoms with Gasteiger partial charge in [0.2, 0.25) is 23.6 Å². The van der Waals surface area contributed by atoms with E-state index in [4.69, 9.17) is 8.83 Å². The molecule has 0 spiro atoms. The Hall–Kier alpha value is -6.40. The highest BCUT2D eigenvalue weighted by molar-refractivity contribution is 5.88. The first-order chi connectivity index (χ1) is 31.1. The summed E-state index contributed by atoms with van der Waals surface area (Å²) in [4.78, 5) is 0. The van der Waals surface area contributed by atoms with Gasteiger partial charge in [0.1, 0.15) is 0 Å². The molecule has 6 aromatic carbocycles. The molecule has 2 aromatic heterocycles. The van der Waals surface area contributed by atoms with E-state index in [1.807, 2.05) is 60.7 Å². The predicted molar refractivity (Wildman–Crippen MR) is 257 cm³/mol. The molecule has 0 radical (unpaired) electrons. The zero-order valence-corrected chi connectivity index (χ0v) is 36.9. The van der Waals surface area contributed by atoms with E-state index in [0.29, 0.717) is 23.6 Å². The minimum absolute atomic E-state index is 0.00616. The molecular weight excluding hydrogens is 773 g/mol. The number of unbranched alkanes of at least 4 members (excludes halogenated alkanes) is 10. The third kappa shape index (κ3) is 9.22. The molecule has 6 heteroatoms. The maximum Gasteiger partial charge on any atom is 0.248 e. The van der Waals surface area contributed by atoms with E-state index in [-0.39, 0.29) is 5.41 Å². The van der Waals surface area contributed by atoms with E-state index in [1.54, 1.807) is 0 Å². The average molecular weight is 831 g/mol. The fraction of sp³-hybridized carbons (Fsp3) is 0.298. The van der Waals surface area contributed by atoms with Gasteiger partial charge in [-0.25, -0.2) is 0 Å². The van der Waals surface area contributed by atoms with Crippen LogP contribution in [0.25, 0.3) is 79.2 Å². The van der Waals surface area contributed by atoms with Crippen LogP contribution < -0.4 is 0 Å². The maximum atomic E-state index is 6.10. The van der Waals surface area contributed by atoms with Gasteiger partial charge in [-0.1, -0.05) is 176 Å². The van der Waals surface area contributed by atoms with E-state index >= 15 is 0 Å². The number of nitrogens with zero attached hydrogens (tertiary/aromatic N) is 4. The van der Waals surface area contributed by atoms with Crippen LogP contribution in [-0.2, 0) is 5.41 Å². The molecule has 2 heterocycles. The van der Waals surface area contributed by atoms with Gasteiger partial charge >= 0.3 is 0 Å². The lowest BCUT2D eigenvalue weighted by atomic mass is 9.70. The molecule has 0 N–H and O–H groups in total. The molecular formula is C57H58N4O2. The van der Waals surface area contributed by atoms with Gasteiger partial charge in [0.15, 0.2) is 0 Å². The first-order valence-corrected chi connectivity index (χ1v) is 23.4. The number of hydrogen-bond acceptors (Lipinski definition) is 6. The SMILES string of the molecule is CCCCCCCCC1(CCCCCCCC)c2ccc(-c3ccc(-c4nnc(-c5ccccc5)o4)cc3)cc2-c2cc(-c3ccc(-c4nnc(-c5ccccc5)o4)cc3)ccc21. The number of benzene rings is 6. The summed E-state index contributed by atoms with van der Waals surface area (Å²) in [6.07, 6.45) is 17.9. The van der Waals surface area contributed by atoms with Gasteiger partial charge in [-0.3, -0.25) is 0 Å². The van der Waals surface area contributed by atoms with Gasteiger partial charge in [0, 0.05) is 27.7 Å².